The summed E-state index contributed by atoms with van der Waals surface area (Å²) in [4.78, 5) is 17.6. The van der Waals surface area contributed by atoms with E-state index in [2.05, 4.69) is 25.1 Å². The Morgan fingerprint density at radius 2 is 1.91 bits per heavy atom. The lowest BCUT2D eigenvalue weighted by atomic mass is 9.92. The fraction of sp³-hybridized carbons (Fsp3) is 0.478. The molecular weight excluding hydrogens is 443 g/mol. The first-order valence-corrected chi connectivity index (χ1v) is 11.9. The van der Waals surface area contributed by atoms with Crippen LogP contribution in [-0.4, -0.2) is 50.4 Å². The van der Waals surface area contributed by atoms with E-state index in [4.69, 9.17) is 21.7 Å². The molecular formula is C23H26ClFN8. The molecule has 33 heavy (non-hydrogen) atoms. The van der Waals surface area contributed by atoms with Crippen molar-refractivity contribution in [2.24, 2.45) is 11.8 Å². The second-order valence-electron chi connectivity index (χ2n) is 9.27. The number of benzene rings is 1. The molecule has 8 nitrogen and oxygen atoms in total. The van der Waals surface area contributed by atoms with Crippen LogP contribution in [0, 0.1) is 24.6 Å². The maximum atomic E-state index is 14.2. The SMILES string of the molecule is Cc1ccc(N2CCCn3nc(N[C@H]4[C@@H]5CC[C@H]4CN(c4cc(Cl)ncn4)C5)nc32)cc1F. The van der Waals surface area contributed by atoms with Crippen molar-refractivity contribution in [3.05, 3.63) is 47.1 Å². The molecule has 1 saturated heterocycles. The van der Waals surface area contributed by atoms with Gasteiger partial charge in [-0.3, -0.25) is 0 Å². The molecule has 0 unspecified atom stereocenters. The molecule has 172 valence electrons. The first kappa shape index (κ1) is 20.7. The molecule has 0 radical (unpaired) electrons. The second-order valence-corrected chi connectivity index (χ2v) is 9.66. The number of rotatable bonds is 4. The molecule has 1 aliphatic carbocycles. The van der Waals surface area contributed by atoms with Crippen molar-refractivity contribution in [1.82, 2.24) is 24.7 Å². The zero-order chi connectivity index (χ0) is 22.5. The predicted molar refractivity (Wildman–Crippen MR) is 126 cm³/mol. The van der Waals surface area contributed by atoms with Crippen molar-refractivity contribution in [3.63, 3.8) is 0 Å². The Morgan fingerprint density at radius 1 is 1.09 bits per heavy atom. The van der Waals surface area contributed by atoms with Crippen LogP contribution in [0.2, 0.25) is 5.15 Å². The molecule has 0 spiro atoms. The number of halogens is 2. The molecule has 2 aromatic heterocycles. The predicted octanol–water partition coefficient (Wildman–Crippen LogP) is 4.04. The van der Waals surface area contributed by atoms with Gasteiger partial charge in [0, 0.05) is 44.0 Å². The average molecular weight is 469 g/mol. The van der Waals surface area contributed by atoms with Crippen LogP contribution in [0.25, 0.3) is 0 Å². The van der Waals surface area contributed by atoms with Crippen LogP contribution in [0.4, 0.5) is 27.8 Å². The van der Waals surface area contributed by atoms with Gasteiger partial charge in [-0.1, -0.05) is 17.7 Å². The Morgan fingerprint density at radius 3 is 2.67 bits per heavy atom. The fourth-order valence-electron chi connectivity index (χ4n) is 5.51. The van der Waals surface area contributed by atoms with Gasteiger partial charge in [-0.05, 0) is 55.7 Å². The van der Waals surface area contributed by atoms with E-state index in [-0.39, 0.29) is 5.82 Å². The van der Waals surface area contributed by atoms with Crippen molar-refractivity contribution in [1.29, 1.82) is 0 Å². The van der Waals surface area contributed by atoms with Crippen molar-refractivity contribution in [2.45, 2.75) is 38.8 Å². The number of hydrogen-bond acceptors (Lipinski definition) is 7. The third kappa shape index (κ3) is 3.78. The standard InChI is InChI=1S/C23H26ClFN8/c1-14-3-6-17(9-18(14)25)32-7-2-8-33-23(32)29-22(30-33)28-21-15-4-5-16(21)12-31(11-15)20-10-19(24)26-13-27-20/h3,6,9-10,13,15-16,21H,2,4-5,7-8,11-12H2,1H3,(H,28,30)/t15-,16+,21+. The summed E-state index contributed by atoms with van der Waals surface area (Å²) < 4.78 is 16.1. The van der Waals surface area contributed by atoms with Crippen molar-refractivity contribution >= 4 is 35.0 Å². The lowest BCUT2D eigenvalue weighted by molar-refractivity contribution is 0.374. The molecule has 3 aromatic rings. The lowest BCUT2D eigenvalue weighted by Crippen LogP contribution is -2.48. The number of aromatic nitrogens is 5. The van der Waals surface area contributed by atoms with Gasteiger partial charge in [0.15, 0.2) is 0 Å². The molecule has 1 N–H and O–H groups in total. The summed E-state index contributed by atoms with van der Waals surface area (Å²) >= 11 is 6.08. The normalized spacial score (nSPS) is 24.2. The van der Waals surface area contributed by atoms with Gasteiger partial charge >= 0.3 is 0 Å². The van der Waals surface area contributed by atoms with E-state index >= 15 is 0 Å². The van der Waals surface area contributed by atoms with Crippen molar-refractivity contribution in [3.8, 4) is 0 Å². The number of piperidine rings is 1. The summed E-state index contributed by atoms with van der Waals surface area (Å²) in [6, 6.07) is 7.51. The number of anilines is 4. The van der Waals surface area contributed by atoms with Crippen LogP contribution in [-0.2, 0) is 6.54 Å². The highest BCUT2D eigenvalue weighted by molar-refractivity contribution is 6.29. The molecule has 4 heterocycles. The highest BCUT2D eigenvalue weighted by atomic mass is 35.5. The van der Waals surface area contributed by atoms with Crippen LogP contribution < -0.4 is 15.1 Å². The molecule has 6 rings (SSSR count). The minimum absolute atomic E-state index is 0.198. The van der Waals surface area contributed by atoms with E-state index in [1.165, 1.54) is 19.2 Å². The molecule has 2 bridgehead atoms. The maximum Gasteiger partial charge on any atom is 0.244 e. The van der Waals surface area contributed by atoms with Gasteiger partial charge in [0.05, 0.1) is 0 Å². The van der Waals surface area contributed by atoms with Gasteiger partial charge in [-0.15, -0.1) is 5.10 Å². The zero-order valence-electron chi connectivity index (χ0n) is 18.5. The number of fused-ring (bicyclic) bond motifs is 3. The quantitative estimate of drug-likeness (QED) is 0.579. The molecule has 1 aromatic carbocycles. The molecule has 10 heteroatoms. The van der Waals surface area contributed by atoms with Gasteiger partial charge in [-0.2, -0.15) is 4.98 Å². The van der Waals surface area contributed by atoms with E-state index in [0.717, 1.165) is 50.1 Å². The van der Waals surface area contributed by atoms with Gasteiger partial charge in [0.2, 0.25) is 11.9 Å². The van der Waals surface area contributed by atoms with Crippen LogP contribution in [0.5, 0.6) is 0 Å². The van der Waals surface area contributed by atoms with Gasteiger partial charge in [0.1, 0.15) is 23.1 Å². The number of aryl methyl sites for hydroxylation is 2. The minimum Gasteiger partial charge on any atom is -0.356 e. The van der Waals surface area contributed by atoms with Gasteiger partial charge in [-0.25, -0.2) is 19.0 Å². The third-order valence-corrected chi connectivity index (χ3v) is 7.39. The van der Waals surface area contributed by atoms with Crippen LogP contribution in [0.3, 0.4) is 0 Å². The van der Waals surface area contributed by atoms with Crippen LogP contribution in [0.1, 0.15) is 24.8 Å². The largest absolute Gasteiger partial charge is 0.356 e. The molecule has 2 fully saturated rings. The summed E-state index contributed by atoms with van der Waals surface area (Å²) in [5, 5.41) is 8.87. The molecule has 3 aliphatic rings. The molecule has 3 atom stereocenters. The van der Waals surface area contributed by atoms with Crippen molar-refractivity contribution < 1.29 is 4.39 Å². The van der Waals surface area contributed by atoms with E-state index in [0.29, 0.717) is 34.5 Å². The highest BCUT2D eigenvalue weighted by Gasteiger charge is 2.43. The molecule has 1 saturated carbocycles. The van der Waals surface area contributed by atoms with E-state index in [1.54, 1.807) is 13.0 Å². The maximum absolute atomic E-state index is 14.2. The third-order valence-electron chi connectivity index (χ3n) is 7.19. The Hall–Kier alpha value is -2.94. The Balaban J connectivity index is 1.21. The first-order valence-electron chi connectivity index (χ1n) is 11.5. The van der Waals surface area contributed by atoms with Crippen LogP contribution in [0.15, 0.2) is 30.6 Å². The minimum atomic E-state index is -0.198. The Bertz CT molecular complexity index is 1170. The smallest absolute Gasteiger partial charge is 0.244 e. The summed E-state index contributed by atoms with van der Waals surface area (Å²) in [6.45, 7) is 5.23. The van der Waals surface area contributed by atoms with Gasteiger partial charge in [0.25, 0.3) is 0 Å². The van der Waals surface area contributed by atoms with E-state index in [1.807, 2.05) is 22.9 Å². The Labute approximate surface area is 196 Å². The monoisotopic (exact) mass is 468 g/mol. The van der Waals surface area contributed by atoms with E-state index in [9.17, 15) is 4.39 Å². The summed E-state index contributed by atoms with van der Waals surface area (Å²) in [5.41, 5.74) is 1.46. The summed E-state index contributed by atoms with van der Waals surface area (Å²) in [5.74, 6) is 3.09. The topological polar surface area (TPSA) is 75.0 Å². The molecule has 0 amide bonds. The Kier molecular flexibility index (Phi) is 5.09. The zero-order valence-corrected chi connectivity index (χ0v) is 19.2. The average Bonchev–Trinajstić information content (AvgIpc) is 3.31. The van der Waals surface area contributed by atoms with Gasteiger partial charge < -0.3 is 15.1 Å². The summed E-state index contributed by atoms with van der Waals surface area (Å²) in [6.07, 6.45) is 4.80. The fourth-order valence-corrected chi connectivity index (χ4v) is 5.65. The van der Waals surface area contributed by atoms with E-state index < -0.39 is 0 Å². The second kappa shape index (κ2) is 8.13. The summed E-state index contributed by atoms with van der Waals surface area (Å²) in [7, 11) is 0. The highest BCUT2D eigenvalue weighted by Crippen LogP contribution is 2.40. The van der Waals surface area contributed by atoms with Crippen molar-refractivity contribution in [2.75, 3.05) is 34.8 Å². The number of hydrogen-bond donors (Lipinski definition) is 1. The first-order chi connectivity index (χ1) is 16.0. The number of nitrogens with zero attached hydrogens (tertiary/aromatic N) is 7. The molecule has 2 aliphatic heterocycles. The lowest BCUT2D eigenvalue weighted by Gasteiger charge is -2.38. The van der Waals surface area contributed by atoms with Crippen LogP contribution >= 0.6 is 11.6 Å². The number of nitrogens with one attached hydrogen (secondary N) is 1.